The van der Waals surface area contributed by atoms with Crippen LogP contribution in [-0.2, 0) is 0 Å². The normalized spacial score (nSPS) is 14.5. The fraction of sp³-hybridized carbons (Fsp3) is 0.333. The molecule has 0 saturated heterocycles. The number of hydrogen-bond donors (Lipinski definition) is 2. The van der Waals surface area contributed by atoms with Gasteiger partial charge in [-0.25, -0.2) is 9.37 Å². The van der Waals surface area contributed by atoms with E-state index in [1.54, 1.807) is 24.3 Å². The van der Waals surface area contributed by atoms with E-state index in [-0.39, 0.29) is 24.0 Å². The molecule has 5 nitrogen and oxygen atoms in total. The smallest absolute Gasteiger partial charge is 0.228 e. The van der Waals surface area contributed by atoms with Crippen molar-refractivity contribution in [1.82, 2.24) is 9.97 Å². The van der Waals surface area contributed by atoms with Crippen LogP contribution < -0.4 is 10.2 Å². The fourth-order valence-corrected chi connectivity index (χ4v) is 3.68. The van der Waals surface area contributed by atoms with E-state index in [4.69, 9.17) is 4.98 Å². The highest BCUT2D eigenvalue weighted by Gasteiger charge is 2.22. The molecule has 148 valence electrons. The molecule has 1 aliphatic carbocycles. The number of aromatic hydroxyl groups is 1. The van der Waals surface area contributed by atoms with Crippen molar-refractivity contribution in [3.05, 3.63) is 48.3 Å². The summed E-state index contributed by atoms with van der Waals surface area (Å²) < 4.78 is 13.2. The topological polar surface area (TPSA) is 61.3 Å². The summed E-state index contributed by atoms with van der Waals surface area (Å²) in [6.07, 6.45) is 5.96. The Kier molecular flexibility index (Phi) is 6.19. The SMILES string of the molecule is CN(c1nc(Nc2ccc(F)cc2)c2cccc(O)c2n1)C1CCCCC1.Cl. The van der Waals surface area contributed by atoms with Crippen LogP contribution in [0.25, 0.3) is 10.9 Å². The van der Waals surface area contributed by atoms with Gasteiger partial charge >= 0.3 is 0 Å². The summed E-state index contributed by atoms with van der Waals surface area (Å²) in [5.41, 5.74) is 1.24. The van der Waals surface area contributed by atoms with E-state index in [9.17, 15) is 9.50 Å². The van der Waals surface area contributed by atoms with Crippen molar-refractivity contribution in [3.8, 4) is 5.75 Å². The molecule has 0 unspecified atom stereocenters. The van der Waals surface area contributed by atoms with Crippen LogP contribution in [0.3, 0.4) is 0 Å². The van der Waals surface area contributed by atoms with E-state index in [1.807, 2.05) is 13.1 Å². The van der Waals surface area contributed by atoms with Gasteiger partial charge in [-0.15, -0.1) is 12.4 Å². The molecule has 1 heterocycles. The van der Waals surface area contributed by atoms with Crippen molar-refractivity contribution in [3.63, 3.8) is 0 Å². The first kappa shape index (κ1) is 20.1. The number of para-hydroxylation sites is 1. The average Bonchev–Trinajstić information content (AvgIpc) is 2.70. The standard InChI is InChI=1S/C21H23FN4O.ClH/c1-26(16-6-3-2-4-7-16)21-24-19-17(8-5-9-18(19)27)20(25-21)23-15-12-10-14(22)11-13-15;/h5,8-13,16,27H,2-4,6-7H2,1H3,(H,23,24,25);1H. The van der Waals surface area contributed by atoms with Gasteiger partial charge in [-0.2, -0.15) is 4.98 Å². The van der Waals surface area contributed by atoms with Gasteiger partial charge in [-0.3, -0.25) is 0 Å². The van der Waals surface area contributed by atoms with Gasteiger partial charge in [0.1, 0.15) is 22.9 Å². The molecule has 1 aliphatic rings. The summed E-state index contributed by atoms with van der Waals surface area (Å²) in [6.45, 7) is 0. The van der Waals surface area contributed by atoms with Gasteiger partial charge < -0.3 is 15.3 Å². The Balaban J connectivity index is 0.00000225. The zero-order chi connectivity index (χ0) is 18.8. The number of phenolic OH excluding ortho intramolecular Hbond substituents is 1. The minimum absolute atomic E-state index is 0. The van der Waals surface area contributed by atoms with Crippen LogP contribution in [-0.4, -0.2) is 28.2 Å². The molecule has 0 spiro atoms. The maximum absolute atomic E-state index is 13.2. The van der Waals surface area contributed by atoms with Crippen LogP contribution in [0.15, 0.2) is 42.5 Å². The third-order valence-corrected chi connectivity index (χ3v) is 5.24. The molecule has 0 bridgehead atoms. The molecule has 0 amide bonds. The molecule has 1 aromatic heterocycles. The molecule has 0 aliphatic heterocycles. The predicted molar refractivity (Wildman–Crippen MR) is 113 cm³/mol. The highest BCUT2D eigenvalue weighted by molar-refractivity contribution is 5.95. The van der Waals surface area contributed by atoms with Gasteiger partial charge in [0.2, 0.25) is 5.95 Å². The molecule has 4 rings (SSSR count). The van der Waals surface area contributed by atoms with E-state index in [0.717, 1.165) is 23.9 Å². The maximum atomic E-state index is 13.2. The highest BCUT2D eigenvalue weighted by Crippen LogP contribution is 2.32. The van der Waals surface area contributed by atoms with Crippen molar-refractivity contribution >= 4 is 40.8 Å². The zero-order valence-corrected chi connectivity index (χ0v) is 16.5. The van der Waals surface area contributed by atoms with Crippen LogP contribution in [0.5, 0.6) is 5.75 Å². The van der Waals surface area contributed by atoms with E-state index >= 15 is 0 Å². The monoisotopic (exact) mass is 402 g/mol. The Labute approximate surface area is 170 Å². The second-order valence-electron chi connectivity index (χ2n) is 7.08. The Morgan fingerprint density at radius 1 is 1.04 bits per heavy atom. The summed E-state index contributed by atoms with van der Waals surface area (Å²) in [5.74, 6) is 1.01. The third kappa shape index (κ3) is 4.12. The van der Waals surface area contributed by atoms with Crippen molar-refractivity contribution in [2.75, 3.05) is 17.3 Å². The lowest BCUT2D eigenvalue weighted by Gasteiger charge is -2.31. The lowest BCUT2D eigenvalue weighted by atomic mass is 9.95. The molecular formula is C21H24ClFN4O. The molecule has 2 N–H and O–H groups in total. The van der Waals surface area contributed by atoms with Crippen LogP contribution in [0.4, 0.5) is 21.8 Å². The second-order valence-corrected chi connectivity index (χ2v) is 7.08. The van der Waals surface area contributed by atoms with Crippen molar-refractivity contribution < 1.29 is 9.50 Å². The maximum Gasteiger partial charge on any atom is 0.228 e. The van der Waals surface area contributed by atoms with Gasteiger partial charge in [0.15, 0.2) is 0 Å². The van der Waals surface area contributed by atoms with Gasteiger partial charge in [0.05, 0.1) is 0 Å². The summed E-state index contributed by atoms with van der Waals surface area (Å²) in [5, 5.41) is 14.3. The highest BCUT2D eigenvalue weighted by atomic mass is 35.5. The average molecular weight is 403 g/mol. The fourth-order valence-electron chi connectivity index (χ4n) is 3.68. The van der Waals surface area contributed by atoms with E-state index in [2.05, 4.69) is 15.2 Å². The van der Waals surface area contributed by atoms with Crippen LogP contribution in [0.1, 0.15) is 32.1 Å². The quantitative estimate of drug-likeness (QED) is 0.611. The molecule has 7 heteroatoms. The molecule has 1 saturated carbocycles. The van der Waals surface area contributed by atoms with Crippen molar-refractivity contribution in [2.45, 2.75) is 38.1 Å². The number of halogens is 2. The number of nitrogens with one attached hydrogen (secondary N) is 1. The minimum atomic E-state index is -0.288. The van der Waals surface area contributed by atoms with Gasteiger partial charge in [0, 0.05) is 24.2 Å². The number of anilines is 3. The molecule has 0 radical (unpaired) electrons. The molecule has 28 heavy (non-hydrogen) atoms. The zero-order valence-electron chi connectivity index (χ0n) is 15.7. The Morgan fingerprint density at radius 2 is 1.75 bits per heavy atom. The first-order chi connectivity index (χ1) is 13.1. The number of hydrogen-bond acceptors (Lipinski definition) is 5. The number of fused-ring (bicyclic) bond motifs is 1. The number of benzene rings is 2. The molecule has 0 atom stereocenters. The number of rotatable bonds is 4. The number of nitrogens with zero attached hydrogens (tertiary/aromatic N) is 3. The molecule has 1 fully saturated rings. The largest absolute Gasteiger partial charge is 0.506 e. The Bertz CT molecular complexity index is 945. The summed E-state index contributed by atoms with van der Waals surface area (Å²) in [4.78, 5) is 11.5. The van der Waals surface area contributed by atoms with E-state index < -0.39 is 0 Å². The molecule has 3 aromatic rings. The second kappa shape index (κ2) is 8.61. The van der Waals surface area contributed by atoms with Crippen LogP contribution in [0.2, 0.25) is 0 Å². The minimum Gasteiger partial charge on any atom is -0.506 e. The Morgan fingerprint density at radius 3 is 2.46 bits per heavy atom. The number of aromatic nitrogens is 2. The first-order valence-electron chi connectivity index (χ1n) is 9.37. The molecular weight excluding hydrogens is 379 g/mol. The summed E-state index contributed by atoms with van der Waals surface area (Å²) in [6, 6.07) is 11.8. The molecule has 2 aromatic carbocycles. The lowest BCUT2D eigenvalue weighted by molar-refractivity contribution is 0.424. The van der Waals surface area contributed by atoms with Crippen molar-refractivity contribution in [1.29, 1.82) is 0 Å². The summed E-state index contributed by atoms with van der Waals surface area (Å²) >= 11 is 0. The van der Waals surface area contributed by atoms with E-state index in [0.29, 0.717) is 23.3 Å². The Hall–Kier alpha value is -2.60. The number of phenols is 1. The van der Waals surface area contributed by atoms with Gasteiger partial charge in [-0.1, -0.05) is 25.3 Å². The van der Waals surface area contributed by atoms with Crippen LogP contribution in [0, 0.1) is 5.82 Å². The van der Waals surface area contributed by atoms with Gasteiger partial charge in [-0.05, 0) is 49.2 Å². The predicted octanol–water partition coefficient (Wildman–Crippen LogP) is 5.41. The summed E-state index contributed by atoms with van der Waals surface area (Å²) in [7, 11) is 2.01. The van der Waals surface area contributed by atoms with Gasteiger partial charge in [0.25, 0.3) is 0 Å². The first-order valence-corrected chi connectivity index (χ1v) is 9.37. The third-order valence-electron chi connectivity index (χ3n) is 5.24. The van der Waals surface area contributed by atoms with E-state index in [1.165, 1.54) is 31.4 Å². The lowest BCUT2D eigenvalue weighted by Crippen LogP contribution is -2.34. The van der Waals surface area contributed by atoms with Crippen LogP contribution >= 0.6 is 12.4 Å². The van der Waals surface area contributed by atoms with Crippen molar-refractivity contribution in [2.24, 2.45) is 0 Å².